The van der Waals surface area contributed by atoms with Crippen LogP contribution >= 0.6 is 0 Å². The van der Waals surface area contributed by atoms with Crippen molar-refractivity contribution >= 4 is 11.8 Å². The molecule has 4 heterocycles. The number of hydrogen-bond acceptors (Lipinski definition) is 5. The minimum atomic E-state index is -0.0765. The predicted octanol–water partition coefficient (Wildman–Crippen LogP) is 2.24. The number of carbonyl (C=O) groups excluding carboxylic acids is 2. The van der Waals surface area contributed by atoms with E-state index in [1.165, 1.54) is 0 Å². The molecule has 0 aromatic carbocycles. The third-order valence-electron chi connectivity index (χ3n) is 6.06. The molecule has 0 unspecified atom stereocenters. The molecule has 8 heteroatoms. The van der Waals surface area contributed by atoms with Gasteiger partial charge in [-0.15, -0.1) is 0 Å². The van der Waals surface area contributed by atoms with E-state index in [9.17, 15) is 9.59 Å². The molecule has 0 bridgehead atoms. The van der Waals surface area contributed by atoms with Crippen molar-refractivity contribution in [3.8, 4) is 0 Å². The number of hydrogen-bond donors (Lipinski definition) is 1. The Morgan fingerprint density at radius 2 is 2.24 bits per heavy atom. The molecule has 2 saturated heterocycles. The quantitative estimate of drug-likeness (QED) is 0.803. The van der Waals surface area contributed by atoms with Crippen molar-refractivity contribution < 1.29 is 18.7 Å². The van der Waals surface area contributed by atoms with Gasteiger partial charge < -0.3 is 23.9 Å². The lowest BCUT2D eigenvalue weighted by atomic mass is 9.73. The Morgan fingerprint density at radius 1 is 1.34 bits per heavy atom. The number of nitrogens with zero attached hydrogens (tertiary/aromatic N) is 3. The van der Waals surface area contributed by atoms with Gasteiger partial charge in [-0.25, -0.2) is 4.98 Å². The van der Waals surface area contributed by atoms with Crippen LogP contribution in [0.2, 0.25) is 0 Å². The standard InChI is InChI=1S/C21H28N4O4/c1-28-12-17-3-4-18(29-17)20(27)25-9-2-7-21(14-25)8-5-19(26)24(13-21)10-6-16-11-22-15-23-16/h3-4,11,15H,2,5-10,12-14H2,1H3,(H,22,23)/t21-/m0/s1. The number of furan rings is 1. The predicted molar refractivity (Wildman–Crippen MR) is 105 cm³/mol. The normalized spacial score (nSPS) is 22.4. The Morgan fingerprint density at radius 3 is 3.03 bits per heavy atom. The Balaban J connectivity index is 1.41. The van der Waals surface area contributed by atoms with Crippen molar-refractivity contribution in [2.75, 3.05) is 33.3 Å². The number of ether oxygens (including phenoxy) is 1. The summed E-state index contributed by atoms with van der Waals surface area (Å²) in [6, 6.07) is 3.51. The van der Waals surface area contributed by atoms with Crippen molar-refractivity contribution in [1.82, 2.24) is 19.8 Å². The summed E-state index contributed by atoms with van der Waals surface area (Å²) >= 11 is 0. The fraction of sp³-hybridized carbons (Fsp3) is 0.571. The third kappa shape index (κ3) is 4.37. The van der Waals surface area contributed by atoms with Crippen LogP contribution < -0.4 is 0 Å². The van der Waals surface area contributed by atoms with Crippen LogP contribution in [0, 0.1) is 5.41 Å². The molecule has 2 aromatic rings. The summed E-state index contributed by atoms with van der Waals surface area (Å²) in [7, 11) is 1.60. The molecule has 2 aliphatic rings. The van der Waals surface area contributed by atoms with Crippen LogP contribution in [0.25, 0.3) is 0 Å². The highest BCUT2D eigenvalue weighted by Gasteiger charge is 2.43. The van der Waals surface area contributed by atoms with Gasteiger partial charge in [0.05, 0.1) is 6.33 Å². The first-order valence-corrected chi connectivity index (χ1v) is 10.2. The van der Waals surface area contributed by atoms with Gasteiger partial charge in [0.1, 0.15) is 12.4 Å². The first-order valence-electron chi connectivity index (χ1n) is 10.2. The second-order valence-corrected chi connectivity index (χ2v) is 8.17. The molecule has 0 saturated carbocycles. The average molecular weight is 400 g/mol. The average Bonchev–Trinajstić information content (AvgIpc) is 3.41. The number of aromatic nitrogens is 2. The van der Waals surface area contributed by atoms with Crippen molar-refractivity contribution in [2.45, 2.75) is 38.7 Å². The van der Waals surface area contributed by atoms with Gasteiger partial charge in [-0.2, -0.15) is 0 Å². The molecule has 0 radical (unpaired) electrons. The van der Waals surface area contributed by atoms with E-state index >= 15 is 0 Å². The van der Waals surface area contributed by atoms with Gasteiger partial charge in [0.15, 0.2) is 5.76 Å². The summed E-state index contributed by atoms with van der Waals surface area (Å²) in [6.45, 7) is 3.12. The lowest BCUT2D eigenvalue weighted by Crippen LogP contribution is -2.55. The molecule has 1 N–H and O–H groups in total. The van der Waals surface area contributed by atoms with Gasteiger partial charge in [-0.3, -0.25) is 9.59 Å². The summed E-state index contributed by atoms with van der Waals surface area (Å²) in [5.74, 6) is 1.13. The zero-order valence-electron chi connectivity index (χ0n) is 16.9. The van der Waals surface area contributed by atoms with Gasteiger partial charge in [-0.1, -0.05) is 0 Å². The van der Waals surface area contributed by atoms with E-state index in [0.29, 0.717) is 44.2 Å². The highest BCUT2D eigenvalue weighted by molar-refractivity contribution is 5.91. The molecule has 2 amide bonds. The zero-order valence-corrected chi connectivity index (χ0v) is 16.9. The molecule has 156 valence electrons. The molecule has 8 nitrogen and oxygen atoms in total. The van der Waals surface area contributed by atoms with Gasteiger partial charge in [-0.05, 0) is 31.4 Å². The van der Waals surface area contributed by atoms with Crippen molar-refractivity contribution in [1.29, 1.82) is 0 Å². The summed E-state index contributed by atoms with van der Waals surface area (Å²) in [5.41, 5.74) is 1.00. The molecule has 1 atom stereocenters. The lowest BCUT2D eigenvalue weighted by molar-refractivity contribution is -0.138. The Kier molecular flexibility index (Phi) is 5.71. The van der Waals surface area contributed by atoms with Gasteiger partial charge in [0.25, 0.3) is 5.91 Å². The largest absolute Gasteiger partial charge is 0.453 e. The summed E-state index contributed by atoms with van der Waals surface area (Å²) < 4.78 is 10.7. The molecule has 29 heavy (non-hydrogen) atoms. The van der Waals surface area contributed by atoms with E-state index in [4.69, 9.17) is 9.15 Å². The number of imidazole rings is 1. The molecule has 2 fully saturated rings. The summed E-state index contributed by atoms with van der Waals surface area (Å²) in [4.78, 5) is 36.4. The third-order valence-corrected chi connectivity index (χ3v) is 6.06. The molecule has 1 spiro atoms. The fourth-order valence-electron chi connectivity index (χ4n) is 4.57. The maximum atomic E-state index is 13.0. The molecular weight excluding hydrogens is 372 g/mol. The van der Waals surface area contributed by atoms with E-state index in [1.54, 1.807) is 31.8 Å². The summed E-state index contributed by atoms with van der Waals surface area (Å²) in [6.07, 6.45) is 7.59. The summed E-state index contributed by atoms with van der Waals surface area (Å²) in [5, 5.41) is 0. The van der Waals surface area contributed by atoms with E-state index in [0.717, 1.165) is 37.9 Å². The SMILES string of the molecule is COCc1ccc(C(=O)N2CCC[C@@]3(CCC(=O)N(CCc4cnc[nH]4)C3)C2)o1. The van der Waals surface area contributed by atoms with E-state index in [1.807, 2.05) is 9.80 Å². The number of nitrogens with one attached hydrogen (secondary N) is 1. The fourth-order valence-corrected chi connectivity index (χ4v) is 4.57. The lowest BCUT2D eigenvalue weighted by Gasteiger charge is -2.48. The number of likely N-dealkylation sites (tertiary alicyclic amines) is 2. The van der Waals surface area contributed by atoms with Crippen molar-refractivity contribution in [2.24, 2.45) is 5.41 Å². The van der Waals surface area contributed by atoms with Crippen molar-refractivity contribution in [3.63, 3.8) is 0 Å². The van der Waals surface area contributed by atoms with Crippen LogP contribution in [0.4, 0.5) is 0 Å². The van der Waals surface area contributed by atoms with Crippen LogP contribution in [0.5, 0.6) is 0 Å². The van der Waals surface area contributed by atoms with Gasteiger partial charge >= 0.3 is 0 Å². The highest BCUT2D eigenvalue weighted by Crippen LogP contribution is 2.39. The molecule has 4 rings (SSSR count). The zero-order chi connectivity index (χ0) is 20.3. The van der Waals surface area contributed by atoms with E-state index in [-0.39, 0.29) is 17.2 Å². The van der Waals surface area contributed by atoms with E-state index < -0.39 is 0 Å². The number of rotatable bonds is 6. The maximum absolute atomic E-state index is 13.0. The smallest absolute Gasteiger partial charge is 0.289 e. The molecule has 2 aliphatic heterocycles. The Labute approximate surface area is 170 Å². The van der Waals surface area contributed by atoms with Crippen LogP contribution in [-0.2, 0) is 22.6 Å². The van der Waals surface area contributed by atoms with Gasteiger partial charge in [0.2, 0.25) is 5.91 Å². The number of methoxy groups -OCH3 is 1. The van der Waals surface area contributed by atoms with Gasteiger partial charge in [0, 0.05) is 63.4 Å². The number of piperidine rings is 2. The Bertz CT molecular complexity index is 847. The second kappa shape index (κ2) is 8.41. The number of amides is 2. The minimum absolute atomic E-state index is 0.0300. The highest BCUT2D eigenvalue weighted by atomic mass is 16.5. The van der Waals surface area contributed by atoms with Crippen molar-refractivity contribution in [3.05, 3.63) is 41.9 Å². The Hall–Kier alpha value is -2.61. The molecule has 0 aliphatic carbocycles. The minimum Gasteiger partial charge on any atom is -0.453 e. The number of aromatic amines is 1. The first-order chi connectivity index (χ1) is 14.1. The topological polar surface area (TPSA) is 91.7 Å². The van der Waals surface area contributed by atoms with Crippen LogP contribution in [-0.4, -0.2) is 64.9 Å². The first kappa shape index (κ1) is 19.7. The monoisotopic (exact) mass is 400 g/mol. The van der Waals surface area contributed by atoms with Crippen LogP contribution in [0.15, 0.2) is 29.1 Å². The van der Waals surface area contributed by atoms with Crippen LogP contribution in [0.1, 0.15) is 47.7 Å². The second-order valence-electron chi connectivity index (χ2n) is 8.17. The van der Waals surface area contributed by atoms with E-state index in [2.05, 4.69) is 9.97 Å². The molecular formula is C21H28N4O4. The van der Waals surface area contributed by atoms with Crippen LogP contribution in [0.3, 0.4) is 0 Å². The maximum Gasteiger partial charge on any atom is 0.289 e. The molecule has 2 aromatic heterocycles. The number of carbonyl (C=O) groups is 2. The number of H-pyrrole nitrogens is 1.